The van der Waals surface area contributed by atoms with E-state index >= 15 is 0 Å². The third-order valence-corrected chi connectivity index (χ3v) is 4.35. The number of hydrogen-bond donors (Lipinski definition) is 2. The average Bonchev–Trinajstić information content (AvgIpc) is 2.69. The maximum atomic E-state index is 12.2. The third kappa shape index (κ3) is 4.82. The lowest BCUT2D eigenvalue weighted by Crippen LogP contribution is -2.45. The molecule has 0 saturated carbocycles. The Morgan fingerprint density at radius 3 is 2.59 bits per heavy atom. The molecule has 7 heteroatoms. The van der Waals surface area contributed by atoms with Crippen LogP contribution in [0, 0.1) is 6.92 Å². The maximum absolute atomic E-state index is 12.2. The van der Waals surface area contributed by atoms with Gasteiger partial charge < -0.3 is 9.15 Å². The summed E-state index contributed by atoms with van der Waals surface area (Å²) in [5, 5.41) is 0.604. The fourth-order valence-electron chi connectivity index (χ4n) is 2.84. The summed E-state index contributed by atoms with van der Waals surface area (Å²) in [5.74, 6) is -0.465. The molecular weight excluding hydrogens is 372 g/mol. The molecule has 1 aromatic heterocycles. The molecule has 0 aliphatic rings. The summed E-state index contributed by atoms with van der Waals surface area (Å²) >= 11 is 0. The van der Waals surface area contributed by atoms with Crippen molar-refractivity contribution in [2.75, 3.05) is 6.61 Å². The van der Waals surface area contributed by atoms with E-state index in [1.165, 1.54) is 6.07 Å². The fourth-order valence-corrected chi connectivity index (χ4v) is 2.84. The van der Waals surface area contributed by atoms with E-state index in [0.29, 0.717) is 16.7 Å². The highest BCUT2D eigenvalue weighted by atomic mass is 16.5. The SMILES string of the molecule is Cc1ccc(C(C)C)c(OCC(=O)NNC(=O)c2cc3ccccc3oc2=O)c1. The number of hydrogen-bond acceptors (Lipinski definition) is 5. The number of ether oxygens (including phenoxy) is 1. The number of para-hydroxylation sites is 1. The highest BCUT2D eigenvalue weighted by molar-refractivity contribution is 5.97. The number of nitrogens with one attached hydrogen (secondary N) is 2. The van der Waals surface area contributed by atoms with Gasteiger partial charge in [-0.2, -0.15) is 0 Å². The summed E-state index contributed by atoms with van der Waals surface area (Å²) in [4.78, 5) is 36.3. The smallest absolute Gasteiger partial charge is 0.349 e. The van der Waals surface area contributed by atoms with Crippen LogP contribution in [0.4, 0.5) is 0 Å². The second-order valence-electron chi connectivity index (χ2n) is 6.97. The Morgan fingerprint density at radius 1 is 1.07 bits per heavy atom. The van der Waals surface area contributed by atoms with E-state index in [2.05, 4.69) is 10.9 Å². The van der Waals surface area contributed by atoms with Crippen LogP contribution in [0.15, 0.2) is 57.7 Å². The molecule has 0 unspecified atom stereocenters. The summed E-state index contributed by atoms with van der Waals surface area (Å²) in [6.45, 7) is 5.72. The molecule has 0 saturated heterocycles. The van der Waals surface area contributed by atoms with Crippen molar-refractivity contribution < 1.29 is 18.7 Å². The molecule has 0 aliphatic heterocycles. The molecule has 2 aromatic carbocycles. The van der Waals surface area contributed by atoms with E-state index in [1.54, 1.807) is 24.3 Å². The molecule has 0 atom stereocenters. The van der Waals surface area contributed by atoms with E-state index < -0.39 is 17.4 Å². The molecule has 3 aromatic rings. The molecule has 0 aliphatic carbocycles. The van der Waals surface area contributed by atoms with Crippen molar-refractivity contribution in [3.8, 4) is 5.75 Å². The number of hydrazine groups is 1. The lowest BCUT2D eigenvalue weighted by molar-refractivity contribution is -0.123. The van der Waals surface area contributed by atoms with Crippen LogP contribution in [0.25, 0.3) is 11.0 Å². The van der Waals surface area contributed by atoms with Gasteiger partial charge in [0, 0.05) is 5.39 Å². The van der Waals surface area contributed by atoms with Gasteiger partial charge in [-0.15, -0.1) is 0 Å². The fraction of sp³-hybridized carbons (Fsp3) is 0.227. The molecule has 1 heterocycles. The van der Waals surface area contributed by atoms with E-state index in [1.807, 2.05) is 39.0 Å². The molecule has 0 fully saturated rings. The number of benzene rings is 2. The van der Waals surface area contributed by atoms with Crippen LogP contribution >= 0.6 is 0 Å². The van der Waals surface area contributed by atoms with Gasteiger partial charge in [0.1, 0.15) is 16.9 Å². The van der Waals surface area contributed by atoms with Gasteiger partial charge in [0.05, 0.1) is 0 Å². The molecule has 0 spiro atoms. The van der Waals surface area contributed by atoms with Gasteiger partial charge in [-0.25, -0.2) is 4.79 Å². The summed E-state index contributed by atoms with van der Waals surface area (Å²) in [5.41, 5.74) is 5.85. The number of carbonyl (C=O) groups excluding carboxylic acids is 2. The first-order chi connectivity index (χ1) is 13.8. The van der Waals surface area contributed by atoms with E-state index in [9.17, 15) is 14.4 Å². The summed E-state index contributed by atoms with van der Waals surface area (Å²) in [6, 6.07) is 14.1. The predicted molar refractivity (Wildman–Crippen MR) is 109 cm³/mol. The Balaban J connectivity index is 1.61. The quantitative estimate of drug-likeness (QED) is 0.512. The number of rotatable bonds is 5. The minimum atomic E-state index is -0.784. The van der Waals surface area contributed by atoms with E-state index in [4.69, 9.17) is 9.15 Å². The average molecular weight is 394 g/mol. The first-order valence-corrected chi connectivity index (χ1v) is 9.20. The van der Waals surface area contributed by atoms with E-state index in [-0.39, 0.29) is 18.1 Å². The van der Waals surface area contributed by atoms with Gasteiger partial charge in [-0.3, -0.25) is 20.4 Å². The van der Waals surface area contributed by atoms with Gasteiger partial charge in [0.2, 0.25) is 0 Å². The Labute approximate surface area is 167 Å². The highest BCUT2D eigenvalue weighted by Crippen LogP contribution is 2.27. The maximum Gasteiger partial charge on any atom is 0.349 e. The Kier molecular flexibility index (Phi) is 5.97. The van der Waals surface area contributed by atoms with Crippen molar-refractivity contribution in [1.82, 2.24) is 10.9 Å². The van der Waals surface area contributed by atoms with Crippen molar-refractivity contribution in [1.29, 1.82) is 0 Å². The largest absolute Gasteiger partial charge is 0.483 e. The normalized spacial score (nSPS) is 10.8. The van der Waals surface area contributed by atoms with Crippen LogP contribution in [0.1, 0.15) is 41.3 Å². The molecule has 0 radical (unpaired) electrons. The zero-order valence-corrected chi connectivity index (χ0v) is 16.4. The number of carbonyl (C=O) groups is 2. The minimum absolute atomic E-state index is 0.203. The van der Waals surface area contributed by atoms with Crippen molar-refractivity contribution in [2.24, 2.45) is 0 Å². The van der Waals surface area contributed by atoms with Crippen LogP contribution in [0.2, 0.25) is 0 Å². The molecule has 2 amide bonds. The van der Waals surface area contributed by atoms with Crippen LogP contribution < -0.4 is 21.2 Å². The number of fused-ring (bicyclic) bond motifs is 1. The van der Waals surface area contributed by atoms with Crippen molar-refractivity contribution in [2.45, 2.75) is 26.7 Å². The first-order valence-electron chi connectivity index (χ1n) is 9.20. The Bertz CT molecular complexity index is 1120. The molecule has 3 rings (SSSR count). The lowest BCUT2D eigenvalue weighted by Gasteiger charge is -2.15. The van der Waals surface area contributed by atoms with Crippen molar-refractivity contribution >= 4 is 22.8 Å². The van der Waals surface area contributed by atoms with Crippen LogP contribution in [0.5, 0.6) is 5.75 Å². The van der Waals surface area contributed by atoms with Crippen LogP contribution in [-0.2, 0) is 4.79 Å². The zero-order valence-electron chi connectivity index (χ0n) is 16.4. The monoisotopic (exact) mass is 394 g/mol. The lowest BCUT2D eigenvalue weighted by atomic mass is 10.0. The minimum Gasteiger partial charge on any atom is -0.483 e. The molecule has 150 valence electrons. The van der Waals surface area contributed by atoms with Gasteiger partial charge in [0.15, 0.2) is 6.61 Å². The number of aryl methyl sites for hydroxylation is 1. The standard InChI is InChI=1S/C22H22N2O5/c1-13(2)16-9-8-14(3)10-19(16)28-12-20(25)23-24-21(26)17-11-15-6-4-5-7-18(15)29-22(17)27/h4-11,13H,12H2,1-3H3,(H,23,25)(H,24,26). The van der Waals surface area contributed by atoms with Crippen molar-refractivity contribution in [3.05, 3.63) is 75.6 Å². The predicted octanol–water partition coefficient (Wildman–Crippen LogP) is 3.06. The molecular formula is C22H22N2O5. The molecule has 2 N–H and O–H groups in total. The summed E-state index contributed by atoms with van der Waals surface area (Å²) in [7, 11) is 0. The third-order valence-electron chi connectivity index (χ3n) is 4.35. The summed E-state index contributed by atoms with van der Waals surface area (Å²) in [6.07, 6.45) is 0. The summed E-state index contributed by atoms with van der Waals surface area (Å²) < 4.78 is 10.7. The van der Waals surface area contributed by atoms with Gasteiger partial charge >= 0.3 is 5.63 Å². The number of amides is 2. The molecule has 0 bridgehead atoms. The second kappa shape index (κ2) is 8.60. The topological polar surface area (TPSA) is 97.6 Å². The Morgan fingerprint density at radius 2 is 1.83 bits per heavy atom. The first kappa shape index (κ1) is 20.1. The van der Waals surface area contributed by atoms with E-state index in [0.717, 1.165) is 11.1 Å². The highest BCUT2D eigenvalue weighted by Gasteiger charge is 2.15. The van der Waals surface area contributed by atoms with Crippen molar-refractivity contribution in [3.63, 3.8) is 0 Å². The molecule has 29 heavy (non-hydrogen) atoms. The Hall–Kier alpha value is -3.61. The zero-order chi connectivity index (χ0) is 21.0. The molecule has 7 nitrogen and oxygen atoms in total. The van der Waals surface area contributed by atoms with Crippen LogP contribution in [-0.4, -0.2) is 18.4 Å². The van der Waals surface area contributed by atoms with Crippen LogP contribution in [0.3, 0.4) is 0 Å². The second-order valence-corrected chi connectivity index (χ2v) is 6.97. The van der Waals surface area contributed by atoms with Gasteiger partial charge in [-0.05, 0) is 42.2 Å². The van der Waals surface area contributed by atoms with Gasteiger partial charge in [-0.1, -0.05) is 44.2 Å². The van der Waals surface area contributed by atoms with Gasteiger partial charge in [0.25, 0.3) is 11.8 Å².